The number of carboxylic acids is 1. The molecule has 0 radical (unpaired) electrons. The van der Waals surface area contributed by atoms with Gasteiger partial charge in [-0.05, 0) is 42.7 Å². The molecule has 8 heteroatoms. The lowest BCUT2D eigenvalue weighted by Gasteiger charge is -2.18. The fourth-order valence-corrected chi connectivity index (χ4v) is 4.03. The summed E-state index contributed by atoms with van der Waals surface area (Å²) in [5.74, 6) is -0.568. The second-order valence-electron chi connectivity index (χ2n) is 7.79. The standard InChI is InChI=1S/C22H19N5O3/c1-13(28)26-16-4-7-23-18(9-16)15-10-24-21(25-11-15)27-12-22(5-6-22)17-3-2-14(20(29)30)8-19(17)27/h2-4,7-11H,5-6,12H2,1H3,(H,29,30)(H,23,26,28). The Balaban J connectivity index is 1.47. The van der Waals surface area contributed by atoms with E-state index in [1.807, 2.05) is 11.0 Å². The molecule has 1 amide bonds. The number of pyridine rings is 1. The first-order chi connectivity index (χ1) is 14.4. The van der Waals surface area contributed by atoms with Crippen molar-refractivity contribution in [1.82, 2.24) is 15.0 Å². The van der Waals surface area contributed by atoms with Crippen LogP contribution in [-0.4, -0.2) is 38.5 Å². The molecule has 1 spiro atoms. The summed E-state index contributed by atoms with van der Waals surface area (Å²) in [4.78, 5) is 38.1. The maximum Gasteiger partial charge on any atom is 0.335 e. The molecule has 2 aromatic heterocycles. The van der Waals surface area contributed by atoms with E-state index >= 15 is 0 Å². The molecule has 8 nitrogen and oxygen atoms in total. The maximum absolute atomic E-state index is 11.4. The number of fused-ring (bicyclic) bond motifs is 2. The Morgan fingerprint density at radius 3 is 2.53 bits per heavy atom. The molecule has 3 aromatic rings. The summed E-state index contributed by atoms with van der Waals surface area (Å²) in [5, 5.41) is 12.1. The predicted molar refractivity (Wildman–Crippen MR) is 111 cm³/mol. The molecule has 0 saturated heterocycles. The second-order valence-corrected chi connectivity index (χ2v) is 7.79. The summed E-state index contributed by atoms with van der Waals surface area (Å²) in [5.41, 5.74) is 4.42. The highest BCUT2D eigenvalue weighted by Gasteiger charge is 2.52. The number of carboxylic acid groups (broad SMARTS) is 1. The zero-order valence-electron chi connectivity index (χ0n) is 16.3. The second kappa shape index (κ2) is 6.62. The lowest BCUT2D eigenvalue weighted by atomic mass is 9.97. The van der Waals surface area contributed by atoms with Crippen LogP contribution in [0.2, 0.25) is 0 Å². The minimum atomic E-state index is -0.948. The number of amides is 1. The van der Waals surface area contributed by atoms with Gasteiger partial charge in [-0.1, -0.05) is 6.07 Å². The summed E-state index contributed by atoms with van der Waals surface area (Å²) in [6, 6.07) is 8.79. The number of nitrogens with one attached hydrogen (secondary N) is 1. The van der Waals surface area contributed by atoms with Crippen LogP contribution in [0, 0.1) is 0 Å². The summed E-state index contributed by atoms with van der Waals surface area (Å²) in [6.07, 6.45) is 7.18. The fraction of sp³-hybridized carbons (Fsp3) is 0.227. The number of carbonyl (C=O) groups excluding carboxylic acids is 1. The lowest BCUT2D eigenvalue weighted by molar-refractivity contribution is -0.114. The van der Waals surface area contributed by atoms with Crippen LogP contribution in [-0.2, 0) is 10.2 Å². The topological polar surface area (TPSA) is 108 Å². The van der Waals surface area contributed by atoms with Crippen molar-refractivity contribution in [2.75, 3.05) is 16.8 Å². The molecule has 1 aliphatic heterocycles. The van der Waals surface area contributed by atoms with Crippen molar-refractivity contribution in [1.29, 1.82) is 0 Å². The van der Waals surface area contributed by atoms with E-state index in [0.29, 0.717) is 17.3 Å². The zero-order valence-corrected chi connectivity index (χ0v) is 16.3. The zero-order chi connectivity index (χ0) is 20.9. The molecule has 0 unspecified atom stereocenters. The molecule has 2 aliphatic rings. The third-order valence-electron chi connectivity index (χ3n) is 5.68. The molecule has 30 heavy (non-hydrogen) atoms. The van der Waals surface area contributed by atoms with Crippen LogP contribution in [0.1, 0.15) is 35.7 Å². The van der Waals surface area contributed by atoms with Gasteiger partial charge in [0, 0.05) is 54.4 Å². The van der Waals surface area contributed by atoms with E-state index in [-0.39, 0.29) is 16.9 Å². The fourth-order valence-electron chi connectivity index (χ4n) is 4.03. The van der Waals surface area contributed by atoms with Gasteiger partial charge in [0.2, 0.25) is 11.9 Å². The number of hydrogen-bond donors (Lipinski definition) is 2. The van der Waals surface area contributed by atoms with Gasteiger partial charge in [0.05, 0.1) is 11.3 Å². The molecule has 1 aliphatic carbocycles. The minimum absolute atomic E-state index is 0.0860. The monoisotopic (exact) mass is 401 g/mol. The summed E-state index contributed by atoms with van der Waals surface area (Å²) in [7, 11) is 0. The van der Waals surface area contributed by atoms with Gasteiger partial charge in [0.1, 0.15) is 0 Å². The summed E-state index contributed by atoms with van der Waals surface area (Å²) < 4.78 is 0. The van der Waals surface area contributed by atoms with Crippen LogP contribution in [0.4, 0.5) is 17.3 Å². The van der Waals surface area contributed by atoms with Crippen molar-refractivity contribution >= 4 is 29.2 Å². The van der Waals surface area contributed by atoms with E-state index in [1.165, 1.54) is 12.5 Å². The van der Waals surface area contributed by atoms with Crippen LogP contribution in [0.15, 0.2) is 48.9 Å². The van der Waals surface area contributed by atoms with Gasteiger partial charge in [-0.3, -0.25) is 9.78 Å². The molecule has 1 fully saturated rings. The SMILES string of the molecule is CC(=O)Nc1ccnc(-c2cnc(N3CC4(CC4)c4ccc(C(=O)O)cc43)nc2)c1. The highest BCUT2D eigenvalue weighted by atomic mass is 16.4. The lowest BCUT2D eigenvalue weighted by Crippen LogP contribution is -2.21. The number of nitrogens with zero attached hydrogens (tertiary/aromatic N) is 4. The number of aromatic nitrogens is 3. The first-order valence-corrected chi connectivity index (χ1v) is 9.67. The average Bonchev–Trinajstić information content (AvgIpc) is 3.44. The van der Waals surface area contributed by atoms with Gasteiger partial charge in [0.15, 0.2) is 0 Å². The Hall–Kier alpha value is -3.81. The van der Waals surface area contributed by atoms with Crippen LogP contribution < -0.4 is 10.2 Å². The Morgan fingerprint density at radius 1 is 1.10 bits per heavy atom. The molecule has 3 heterocycles. The van der Waals surface area contributed by atoms with Gasteiger partial charge in [-0.15, -0.1) is 0 Å². The first-order valence-electron chi connectivity index (χ1n) is 9.67. The van der Waals surface area contributed by atoms with Gasteiger partial charge in [0.25, 0.3) is 0 Å². The van der Waals surface area contributed by atoms with Crippen molar-refractivity contribution in [3.63, 3.8) is 0 Å². The molecule has 150 valence electrons. The molecule has 2 N–H and O–H groups in total. The molecule has 5 rings (SSSR count). The number of aromatic carboxylic acids is 1. The molecule has 1 aromatic carbocycles. The average molecular weight is 401 g/mol. The van der Waals surface area contributed by atoms with Crippen LogP contribution >= 0.6 is 0 Å². The Bertz CT molecular complexity index is 1170. The van der Waals surface area contributed by atoms with Crippen LogP contribution in [0.3, 0.4) is 0 Å². The van der Waals surface area contributed by atoms with Gasteiger partial charge >= 0.3 is 5.97 Å². The molecule has 0 bridgehead atoms. The first kappa shape index (κ1) is 18.2. The van der Waals surface area contributed by atoms with Gasteiger partial charge in [-0.25, -0.2) is 14.8 Å². The van der Waals surface area contributed by atoms with Crippen molar-refractivity contribution in [3.05, 3.63) is 60.0 Å². The van der Waals surface area contributed by atoms with Crippen LogP contribution in [0.5, 0.6) is 0 Å². The molecule has 1 saturated carbocycles. The van der Waals surface area contributed by atoms with E-state index in [4.69, 9.17) is 0 Å². The Morgan fingerprint density at radius 2 is 1.87 bits per heavy atom. The van der Waals surface area contributed by atoms with Crippen molar-refractivity contribution in [2.24, 2.45) is 0 Å². The van der Waals surface area contributed by atoms with E-state index in [2.05, 4.69) is 20.3 Å². The number of benzene rings is 1. The number of rotatable bonds is 4. The molecular weight excluding hydrogens is 382 g/mol. The van der Waals surface area contributed by atoms with E-state index in [1.54, 1.807) is 42.9 Å². The quantitative estimate of drug-likeness (QED) is 0.690. The van der Waals surface area contributed by atoms with E-state index < -0.39 is 5.97 Å². The molecule has 0 atom stereocenters. The van der Waals surface area contributed by atoms with Gasteiger partial charge < -0.3 is 15.3 Å². The third-order valence-corrected chi connectivity index (χ3v) is 5.68. The van der Waals surface area contributed by atoms with Crippen molar-refractivity contribution < 1.29 is 14.7 Å². The Labute approximate surface area is 172 Å². The van der Waals surface area contributed by atoms with E-state index in [9.17, 15) is 14.7 Å². The smallest absolute Gasteiger partial charge is 0.335 e. The summed E-state index contributed by atoms with van der Waals surface area (Å²) >= 11 is 0. The van der Waals surface area contributed by atoms with E-state index in [0.717, 1.165) is 30.6 Å². The molecular formula is C22H19N5O3. The highest BCUT2D eigenvalue weighted by molar-refractivity contribution is 5.91. The van der Waals surface area contributed by atoms with Crippen molar-refractivity contribution in [2.45, 2.75) is 25.2 Å². The Kier molecular flexibility index (Phi) is 4.02. The van der Waals surface area contributed by atoms with Gasteiger partial charge in [-0.2, -0.15) is 0 Å². The predicted octanol–water partition coefficient (Wildman–Crippen LogP) is 3.38. The van der Waals surface area contributed by atoms with Crippen molar-refractivity contribution in [3.8, 4) is 11.3 Å². The number of carbonyl (C=O) groups is 2. The normalized spacial score (nSPS) is 15.7. The summed E-state index contributed by atoms with van der Waals surface area (Å²) in [6.45, 7) is 2.20. The third kappa shape index (κ3) is 3.06. The highest BCUT2D eigenvalue weighted by Crippen LogP contribution is 2.57. The van der Waals surface area contributed by atoms with Crippen LogP contribution in [0.25, 0.3) is 11.3 Å². The largest absolute Gasteiger partial charge is 0.478 e. The maximum atomic E-state index is 11.4. The minimum Gasteiger partial charge on any atom is -0.478 e. The number of anilines is 3. The number of hydrogen-bond acceptors (Lipinski definition) is 6.